The van der Waals surface area contributed by atoms with Crippen molar-refractivity contribution in [2.75, 3.05) is 44.2 Å². The molecule has 1 aromatic heterocycles. The Morgan fingerprint density at radius 2 is 1.93 bits per heavy atom. The summed E-state index contributed by atoms with van der Waals surface area (Å²) in [5, 5.41) is 11.3. The van der Waals surface area contributed by atoms with E-state index in [0.29, 0.717) is 38.4 Å². The number of hydrogen-bond donors (Lipinski definition) is 1. The number of aryl methyl sites for hydroxylation is 1. The van der Waals surface area contributed by atoms with E-state index in [0.717, 1.165) is 37.4 Å². The molecule has 1 saturated heterocycles. The van der Waals surface area contributed by atoms with Gasteiger partial charge in [-0.05, 0) is 19.1 Å². The van der Waals surface area contributed by atoms with E-state index in [1.165, 1.54) is 12.1 Å². The molecule has 3 rings (SSSR count). The number of nitrogens with one attached hydrogen (secondary N) is 1. The molecule has 1 fully saturated rings. The number of rotatable bonds is 6. The van der Waals surface area contributed by atoms with Crippen LogP contribution in [0.3, 0.4) is 0 Å². The van der Waals surface area contributed by atoms with Crippen LogP contribution in [0.4, 0.5) is 14.5 Å². The molecule has 0 bridgehead atoms. The van der Waals surface area contributed by atoms with Gasteiger partial charge in [0.1, 0.15) is 23.8 Å². The summed E-state index contributed by atoms with van der Waals surface area (Å²) in [5.41, 5.74) is 0.321. The van der Waals surface area contributed by atoms with Crippen molar-refractivity contribution in [3.8, 4) is 0 Å². The molecule has 0 aliphatic carbocycles. The Morgan fingerprint density at radius 3 is 2.62 bits per heavy atom. The summed E-state index contributed by atoms with van der Waals surface area (Å²) in [6.45, 7) is 8.78. The summed E-state index contributed by atoms with van der Waals surface area (Å²) in [6, 6.07) is 3.58. The third-order valence-electron chi connectivity index (χ3n) is 4.78. The second-order valence-electron chi connectivity index (χ2n) is 6.60. The molecule has 1 aliphatic heterocycles. The zero-order valence-electron chi connectivity index (χ0n) is 16.8. The fraction of sp³-hybridized carbons (Fsp3) is 0.526. The van der Waals surface area contributed by atoms with E-state index in [1.807, 2.05) is 16.4 Å². The van der Waals surface area contributed by atoms with E-state index in [2.05, 4.69) is 27.3 Å². The predicted molar refractivity (Wildman–Crippen MR) is 121 cm³/mol. The lowest BCUT2D eigenvalue weighted by Gasteiger charge is -2.37. The van der Waals surface area contributed by atoms with Crippen LogP contribution in [0.5, 0.6) is 0 Å². The van der Waals surface area contributed by atoms with Gasteiger partial charge in [-0.1, -0.05) is 6.92 Å². The third kappa shape index (κ3) is 6.00. The Bertz CT molecular complexity index is 804. The fourth-order valence-electron chi connectivity index (χ4n) is 3.32. The van der Waals surface area contributed by atoms with Gasteiger partial charge in [0.05, 0.1) is 12.2 Å². The van der Waals surface area contributed by atoms with Crippen LogP contribution in [0, 0.1) is 11.6 Å². The van der Waals surface area contributed by atoms with E-state index in [9.17, 15) is 8.78 Å². The van der Waals surface area contributed by atoms with Crippen molar-refractivity contribution in [2.24, 2.45) is 4.99 Å². The lowest BCUT2D eigenvalue weighted by atomic mass is 10.2. The van der Waals surface area contributed by atoms with Crippen LogP contribution in [-0.2, 0) is 13.0 Å². The number of nitrogens with zero attached hydrogens (tertiary/aromatic N) is 6. The minimum atomic E-state index is -0.422. The number of aromatic nitrogens is 3. The topological polar surface area (TPSA) is 61.6 Å². The number of aliphatic imine (C=N–C) groups is 1. The molecule has 0 radical (unpaired) electrons. The van der Waals surface area contributed by atoms with Gasteiger partial charge in [-0.15, -0.1) is 34.2 Å². The average Bonchev–Trinajstić information content (AvgIpc) is 3.17. The molecule has 7 nitrogen and oxygen atoms in total. The SMILES string of the molecule is CCNC(=NCCn1cnnc1CC)N1CCN(c2cc(F)ccc2F)CC1.I. The van der Waals surface area contributed by atoms with Crippen LogP contribution in [0.15, 0.2) is 29.5 Å². The van der Waals surface area contributed by atoms with E-state index >= 15 is 0 Å². The molecule has 0 spiro atoms. The van der Waals surface area contributed by atoms with Crippen molar-refractivity contribution in [3.05, 3.63) is 42.0 Å². The van der Waals surface area contributed by atoms with Crippen LogP contribution in [0.1, 0.15) is 19.7 Å². The maximum absolute atomic E-state index is 14.0. The third-order valence-corrected chi connectivity index (χ3v) is 4.78. The van der Waals surface area contributed by atoms with Crippen molar-refractivity contribution < 1.29 is 8.78 Å². The summed E-state index contributed by atoms with van der Waals surface area (Å²) >= 11 is 0. The molecule has 1 aromatic carbocycles. The second-order valence-corrected chi connectivity index (χ2v) is 6.60. The van der Waals surface area contributed by atoms with E-state index in [4.69, 9.17) is 4.99 Å². The number of benzene rings is 1. The van der Waals surface area contributed by atoms with Crippen molar-refractivity contribution in [3.63, 3.8) is 0 Å². The van der Waals surface area contributed by atoms with Gasteiger partial charge in [-0.3, -0.25) is 4.99 Å². The molecule has 0 atom stereocenters. The van der Waals surface area contributed by atoms with Crippen LogP contribution in [0.2, 0.25) is 0 Å². The molecule has 1 aliphatic rings. The Balaban J connectivity index is 0.00000300. The second kappa shape index (κ2) is 11.3. The van der Waals surface area contributed by atoms with Gasteiger partial charge in [0, 0.05) is 51.8 Å². The Labute approximate surface area is 187 Å². The summed E-state index contributed by atoms with van der Waals surface area (Å²) in [4.78, 5) is 8.75. The highest BCUT2D eigenvalue weighted by molar-refractivity contribution is 14.0. The smallest absolute Gasteiger partial charge is 0.194 e. The Kier molecular flexibility index (Phi) is 9.05. The number of halogens is 3. The van der Waals surface area contributed by atoms with Crippen molar-refractivity contribution in [2.45, 2.75) is 26.8 Å². The highest BCUT2D eigenvalue weighted by atomic mass is 127. The molecule has 29 heavy (non-hydrogen) atoms. The summed E-state index contributed by atoms with van der Waals surface area (Å²) in [6.07, 6.45) is 2.57. The molecule has 160 valence electrons. The molecule has 0 unspecified atom stereocenters. The van der Waals surface area contributed by atoms with Gasteiger partial charge < -0.3 is 19.7 Å². The molecule has 0 saturated carbocycles. The fourth-order valence-corrected chi connectivity index (χ4v) is 3.32. The standard InChI is InChI=1S/C19H27F2N7.HI/c1-3-18-25-24-14-28(18)8-7-23-19(22-4-2)27-11-9-26(10-12-27)17-13-15(20)5-6-16(17)21;/h5-6,13-14H,3-4,7-12H2,1-2H3,(H,22,23);1H. The van der Waals surface area contributed by atoms with Crippen LogP contribution in [0.25, 0.3) is 0 Å². The van der Waals surface area contributed by atoms with Crippen LogP contribution in [-0.4, -0.2) is 64.9 Å². The lowest BCUT2D eigenvalue weighted by molar-refractivity contribution is 0.370. The van der Waals surface area contributed by atoms with E-state index in [-0.39, 0.29) is 24.0 Å². The minimum absolute atomic E-state index is 0. The zero-order valence-corrected chi connectivity index (χ0v) is 19.1. The van der Waals surface area contributed by atoms with E-state index < -0.39 is 11.6 Å². The van der Waals surface area contributed by atoms with Crippen molar-refractivity contribution in [1.29, 1.82) is 0 Å². The van der Waals surface area contributed by atoms with Gasteiger partial charge in [-0.25, -0.2) is 8.78 Å². The van der Waals surface area contributed by atoms with Gasteiger partial charge in [-0.2, -0.15) is 0 Å². The predicted octanol–water partition coefficient (Wildman–Crippen LogP) is 2.52. The quantitative estimate of drug-likeness (QED) is 0.361. The average molecular weight is 519 g/mol. The maximum atomic E-state index is 14.0. The largest absolute Gasteiger partial charge is 0.366 e. The molecular formula is C19H28F2IN7. The number of guanidine groups is 1. The normalized spacial score (nSPS) is 14.7. The van der Waals surface area contributed by atoms with Crippen LogP contribution >= 0.6 is 24.0 Å². The first kappa shape index (κ1) is 23.3. The van der Waals surface area contributed by atoms with Gasteiger partial charge in [0.25, 0.3) is 0 Å². The lowest BCUT2D eigenvalue weighted by Crippen LogP contribution is -2.52. The Hall–Kier alpha value is -1.98. The van der Waals surface area contributed by atoms with Crippen molar-refractivity contribution >= 4 is 35.6 Å². The van der Waals surface area contributed by atoms with E-state index in [1.54, 1.807) is 6.33 Å². The molecule has 10 heteroatoms. The molecule has 0 amide bonds. The first-order valence-corrected chi connectivity index (χ1v) is 9.72. The summed E-state index contributed by atoms with van der Waals surface area (Å²) < 4.78 is 29.5. The summed E-state index contributed by atoms with van der Waals surface area (Å²) in [5.74, 6) is 0.976. The molecule has 1 N–H and O–H groups in total. The van der Waals surface area contributed by atoms with Gasteiger partial charge in [0.2, 0.25) is 0 Å². The highest BCUT2D eigenvalue weighted by Gasteiger charge is 2.22. The highest BCUT2D eigenvalue weighted by Crippen LogP contribution is 2.21. The molecule has 2 heterocycles. The molecule has 2 aromatic rings. The number of piperazine rings is 1. The first-order valence-electron chi connectivity index (χ1n) is 9.72. The van der Waals surface area contributed by atoms with Crippen LogP contribution < -0.4 is 10.2 Å². The number of anilines is 1. The monoisotopic (exact) mass is 519 g/mol. The molecular weight excluding hydrogens is 491 g/mol. The van der Waals surface area contributed by atoms with Gasteiger partial charge in [0.15, 0.2) is 5.96 Å². The minimum Gasteiger partial charge on any atom is -0.366 e. The van der Waals surface area contributed by atoms with Gasteiger partial charge >= 0.3 is 0 Å². The summed E-state index contributed by atoms with van der Waals surface area (Å²) in [7, 11) is 0. The Morgan fingerprint density at radius 1 is 1.17 bits per heavy atom. The maximum Gasteiger partial charge on any atom is 0.194 e. The van der Waals surface area contributed by atoms with Crippen molar-refractivity contribution in [1.82, 2.24) is 25.0 Å². The number of hydrogen-bond acceptors (Lipinski definition) is 4. The zero-order chi connectivity index (χ0) is 19.9. The first-order chi connectivity index (χ1) is 13.6.